The zero-order valence-corrected chi connectivity index (χ0v) is 10.5. The first-order valence-electron chi connectivity index (χ1n) is 5.83. The number of nitrogens with one attached hydrogen (secondary N) is 1. The molecule has 2 heterocycles. The minimum atomic E-state index is -0.00546. The summed E-state index contributed by atoms with van der Waals surface area (Å²) in [5, 5.41) is 7.43. The van der Waals surface area contributed by atoms with E-state index in [4.69, 9.17) is 4.74 Å². The second-order valence-electron chi connectivity index (χ2n) is 3.93. The Balaban J connectivity index is 2.46. The van der Waals surface area contributed by atoms with Crippen LogP contribution >= 0.6 is 0 Å². The monoisotopic (exact) mass is 234 g/mol. The Kier molecular flexibility index (Phi) is 3.71. The van der Waals surface area contributed by atoms with Gasteiger partial charge >= 0.3 is 0 Å². The van der Waals surface area contributed by atoms with E-state index in [2.05, 4.69) is 15.4 Å². The molecule has 2 aromatic rings. The zero-order valence-electron chi connectivity index (χ0n) is 10.5. The first kappa shape index (κ1) is 12.0. The van der Waals surface area contributed by atoms with E-state index in [1.165, 1.54) is 0 Å². The number of ether oxygens (including phenoxy) is 1. The first-order valence-corrected chi connectivity index (χ1v) is 5.83. The van der Waals surface area contributed by atoms with Crippen LogP contribution in [0.2, 0.25) is 0 Å². The van der Waals surface area contributed by atoms with Crippen LogP contribution in [0.4, 0.5) is 0 Å². The van der Waals surface area contributed by atoms with Crippen LogP contribution in [0.5, 0.6) is 0 Å². The van der Waals surface area contributed by atoms with Gasteiger partial charge in [0.2, 0.25) is 0 Å². The van der Waals surface area contributed by atoms with Crippen LogP contribution in [-0.4, -0.2) is 34.8 Å². The lowest BCUT2D eigenvalue weighted by Gasteiger charge is -2.18. The van der Waals surface area contributed by atoms with Gasteiger partial charge in [0.15, 0.2) is 5.65 Å². The first-order chi connectivity index (χ1) is 8.26. The molecule has 5 nitrogen and oxygen atoms in total. The zero-order chi connectivity index (χ0) is 12.3. The molecule has 0 spiro atoms. The molecule has 1 atom stereocenters. The topological polar surface area (TPSA) is 51.5 Å². The number of fused-ring (bicyclic) bond motifs is 1. The molecule has 1 N–H and O–H groups in total. The number of aromatic nitrogens is 3. The number of nitrogens with zero attached hydrogens (tertiary/aromatic N) is 3. The summed E-state index contributed by atoms with van der Waals surface area (Å²) in [6.07, 6.45) is 1.75. The van der Waals surface area contributed by atoms with Crippen LogP contribution in [0, 0.1) is 6.92 Å². The summed E-state index contributed by atoms with van der Waals surface area (Å²) in [6, 6.07) is 3.93. The van der Waals surface area contributed by atoms with Gasteiger partial charge in [-0.3, -0.25) is 0 Å². The maximum Gasteiger partial charge on any atom is 0.155 e. The van der Waals surface area contributed by atoms with Gasteiger partial charge < -0.3 is 10.1 Å². The van der Waals surface area contributed by atoms with Gasteiger partial charge in [0, 0.05) is 24.9 Å². The van der Waals surface area contributed by atoms with Gasteiger partial charge in [0.1, 0.15) is 6.10 Å². The average molecular weight is 234 g/mol. The van der Waals surface area contributed by atoms with Gasteiger partial charge in [-0.25, -0.2) is 9.50 Å². The summed E-state index contributed by atoms with van der Waals surface area (Å²) in [6.45, 7) is 5.42. The van der Waals surface area contributed by atoms with Gasteiger partial charge in [-0.1, -0.05) is 0 Å². The smallest absolute Gasteiger partial charge is 0.155 e. The van der Waals surface area contributed by atoms with E-state index in [1.54, 1.807) is 6.20 Å². The van der Waals surface area contributed by atoms with Gasteiger partial charge in [0.05, 0.1) is 11.9 Å². The normalized spacial score (nSPS) is 13.1. The fourth-order valence-electron chi connectivity index (χ4n) is 1.93. The molecule has 0 bridgehead atoms. The highest BCUT2D eigenvalue weighted by Gasteiger charge is 2.15. The third-order valence-corrected chi connectivity index (χ3v) is 2.60. The Labute approximate surface area is 101 Å². The molecule has 0 radical (unpaired) electrons. The fourth-order valence-corrected chi connectivity index (χ4v) is 1.93. The van der Waals surface area contributed by atoms with Gasteiger partial charge in [0.25, 0.3) is 0 Å². The highest BCUT2D eigenvalue weighted by Crippen LogP contribution is 2.18. The van der Waals surface area contributed by atoms with E-state index in [1.807, 2.05) is 37.5 Å². The molecule has 0 aliphatic heterocycles. The molecule has 17 heavy (non-hydrogen) atoms. The molecular weight excluding hydrogens is 216 g/mol. The van der Waals surface area contributed by atoms with E-state index in [9.17, 15) is 0 Å². The third kappa shape index (κ3) is 2.45. The van der Waals surface area contributed by atoms with Crippen molar-refractivity contribution in [3.8, 4) is 0 Å². The third-order valence-electron chi connectivity index (χ3n) is 2.60. The summed E-state index contributed by atoms with van der Waals surface area (Å²) in [5.74, 6) is 0. The Morgan fingerprint density at radius 2 is 2.35 bits per heavy atom. The number of rotatable bonds is 5. The predicted octanol–water partition coefficient (Wildman–Crippen LogP) is 1.33. The maximum atomic E-state index is 5.75. The van der Waals surface area contributed by atoms with Crippen molar-refractivity contribution in [1.82, 2.24) is 19.9 Å². The van der Waals surface area contributed by atoms with Crippen molar-refractivity contribution < 1.29 is 4.74 Å². The summed E-state index contributed by atoms with van der Waals surface area (Å²) in [5.41, 5.74) is 2.88. The van der Waals surface area contributed by atoms with Crippen molar-refractivity contribution in [3.63, 3.8) is 0 Å². The summed E-state index contributed by atoms with van der Waals surface area (Å²) < 4.78 is 7.59. The molecule has 92 valence electrons. The molecule has 0 aromatic carbocycles. The van der Waals surface area contributed by atoms with Crippen LogP contribution in [0.3, 0.4) is 0 Å². The van der Waals surface area contributed by atoms with E-state index in [0.29, 0.717) is 6.61 Å². The van der Waals surface area contributed by atoms with Crippen molar-refractivity contribution in [2.24, 2.45) is 0 Å². The van der Waals surface area contributed by atoms with Crippen LogP contribution in [-0.2, 0) is 4.74 Å². The second kappa shape index (κ2) is 5.25. The Morgan fingerprint density at radius 3 is 3.06 bits per heavy atom. The fraction of sp³-hybridized carbons (Fsp3) is 0.500. The lowest BCUT2D eigenvalue weighted by molar-refractivity contribution is 0.0591. The molecule has 0 fully saturated rings. The average Bonchev–Trinajstić information content (AvgIpc) is 2.75. The Hall–Kier alpha value is -1.46. The molecule has 2 rings (SSSR count). The maximum absolute atomic E-state index is 5.75. The quantitative estimate of drug-likeness (QED) is 0.848. The predicted molar refractivity (Wildman–Crippen MR) is 66.0 cm³/mol. The van der Waals surface area contributed by atoms with Crippen molar-refractivity contribution >= 4 is 5.65 Å². The number of hydrogen-bond donors (Lipinski definition) is 1. The molecule has 1 unspecified atom stereocenters. The molecule has 5 heteroatoms. The molecular formula is C12H18N4O. The summed E-state index contributed by atoms with van der Waals surface area (Å²) in [4.78, 5) is 4.42. The molecule has 0 saturated carbocycles. The molecule has 0 saturated heterocycles. The second-order valence-corrected chi connectivity index (χ2v) is 3.93. The van der Waals surface area contributed by atoms with E-state index in [0.717, 1.165) is 23.6 Å². The lowest BCUT2D eigenvalue weighted by atomic mass is 10.2. The van der Waals surface area contributed by atoms with Crippen LogP contribution < -0.4 is 5.32 Å². The number of hydrogen-bond acceptors (Lipinski definition) is 4. The largest absolute Gasteiger partial charge is 0.371 e. The lowest BCUT2D eigenvalue weighted by Crippen LogP contribution is -2.22. The molecule has 0 aliphatic carbocycles. The Bertz CT molecular complexity index is 488. The molecule has 2 aromatic heterocycles. The van der Waals surface area contributed by atoms with Crippen molar-refractivity contribution in [2.45, 2.75) is 20.0 Å². The van der Waals surface area contributed by atoms with Gasteiger partial charge in [-0.15, -0.1) is 0 Å². The summed E-state index contributed by atoms with van der Waals surface area (Å²) >= 11 is 0. The Morgan fingerprint density at radius 1 is 1.53 bits per heavy atom. The molecule has 0 amide bonds. The minimum Gasteiger partial charge on any atom is -0.371 e. The minimum absolute atomic E-state index is 0.00546. The van der Waals surface area contributed by atoms with Gasteiger partial charge in [-0.05, 0) is 27.0 Å². The van der Waals surface area contributed by atoms with Crippen LogP contribution in [0.15, 0.2) is 18.3 Å². The van der Waals surface area contributed by atoms with E-state index in [-0.39, 0.29) is 6.10 Å². The van der Waals surface area contributed by atoms with Crippen molar-refractivity contribution in [1.29, 1.82) is 0 Å². The standard InChI is InChI=1S/C12H18N4O/c1-4-17-11(8-13-3)10-7-9(2)15-12-5-6-14-16(10)12/h5-7,11,13H,4,8H2,1-3H3. The van der Waals surface area contributed by atoms with E-state index < -0.39 is 0 Å². The highest BCUT2D eigenvalue weighted by atomic mass is 16.5. The summed E-state index contributed by atoms with van der Waals surface area (Å²) in [7, 11) is 1.92. The number of likely N-dealkylation sites (N-methyl/N-ethyl adjacent to an activating group) is 1. The SMILES string of the molecule is CCOC(CNC)c1cc(C)nc2ccnn12. The molecule has 0 aliphatic rings. The van der Waals surface area contributed by atoms with Gasteiger partial charge in [-0.2, -0.15) is 5.10 Å². The van der Waals surface area contributed by atoms with Crippen molar-refractivity contribution in [2.75, 3.05) is 20.2 Å². The van der Waals surface area contributed by atoms with Crippen molar-refractivity contribution in [3.05, 3.63) is 29.7 Å². The van der Waals surface area contributed by atoms with E-state index >= 15 is 0 Å². The highest BCUT2D eigenvalue weighted by molar-refractivity contribution is 5.39. The van der Waals surface area contributed by atoms with Crippen LogP contribution in [0.1, 0.15) is 24.4 Å². The number of aryl methyl sites for hydroxylation is 1. The van der Waals surface area contributed by atoms with Crippen LogP contribution in [0.25, 0.3) is 5.65 Å².